The molecule has 0 radical (unpaired) electrons. The van der Waals surface area contributed by atoms with E-state index in [9.17, 15) is 4.79 Å². The van der Waals surface area contributed by atoms with Gasteiger partial charge in [0.05, 0.1) is 5.02 Å². The van der Waals surface area contributed by atoms with Gasteiger partial charge >= 0.3 is 0 Å². The minimum absolute atomic E-state index is 0.225. The number of rotatable bonds is 3. The SMILES string of the molecule is CN(C)c1ccc(/C=C2\N=C(c3ccccc3Cl)NC2=O)cc1. The number of amidine groups is 1. The summed E-state index contributed by atoms with van der Waals surface area (Å²) in [5.74, 6) is 0.258. The topological polar surface area (TPSA) is 44.7 Å². The zero-order valence-corrected chi connectivity index (χ0v) is 13.6. The Morgan fingerprint density at radius 3 is 2.43 bits per heavy atom. The molecule has 0 aliphatic carbocycles. The van der Waals surface area contributed by atoms with E-state index in [1.54, 1.807) is 12.1 Å². The predicted molar refractivity (Wildman–Crippen MR) is 94.9 cm³/mol. The normalized spacial score (nSPS) is 15.5. The van der Waals surface area contributed by atoms with Crippen molar-refractivity contribution in [1.82, 2.24) is 5.32 Å². The Morgan fingerprint density at radius 2 is 1.78 bits per heavy atom. The lowest BCUT2D eigenvalue weighted by atomic mass is 10.1. The van der Waals surface area contributed by atoms with Gasteiger partial charge in [-0.2, -0.15) is 0 Å². The number of amides is 1. The molecule has 2 aromatic carbocycles. The molecule has 1 aliphatic heterocycles. The maximum Gasteiger partial charge on any atom is 0.275 e. The van der Waals surface area contributed by atoms with Gasteiger partial charge < -0.3 is 10.2 Å². The summed E-state index contributed by atoms with van der Waals surface area (Å²) in [6.07, 6.45) is 1.76. The van der Waals surface area contributed by atoms with E-state index < -0.39 is 0 Å². The van der Waals surface area contributed by atoms with E-state index >= 15 is 0 Å². The van der Waals surface area contributed by atoms with Crippen LogP contribution in [-0.4, -0.2) is 25.8 Å². The van der Waals surface area contributed by atoms with Crippen LogP contribution in [0.2, 0.25) is 5.02 Å². The number of halogens is 1. The van der Waals surface area contributed by atoms with Gasteiger partial charge in [-0.1, -0.05) is 35.9 Å². The molecule has 5 heteroatoms. The van der Waals surface area contributed by atoms with E-state index in [0.717, 1.165) is 11.3 Å². The summed E-state index contributed by atoms with van der Waals surface area (Å²) >= 11 is 6.15. The van der Waals surface area contributed by atoms with Crippen LogP contribution in [0.5, 0.6) is 0 Å². The predicted octanol–water partition coefficient (Wildman–Crippen LogP) is 3.32. The average molecular weight is 326 g/mol. The van der Waals surface area contributed by atoms with E-state index in [0.29, 0.717) is 22.1 Å². The van der Waals surface area contributed by atoms with Crippen molar-refractivity contribution in [3.8, 4) is 0 Å². The highest BCUT2D eigenvalue weighted by molar-refractivity contribution is 6.35. The van der Waals surface area contributed by atoms with Crippen LogP contribution in [0.15, 0.2) is 59.2 Å². The van der Waals surface area contributed by atoms with Gasteiger partial charge in [0.1, 0.15) is 11.5 Å². The van der Waals surface area contributed by atoms with Crippen LogP contribution in [0.4, 0.5) is 5.69 Å². The number of hydrogen-bond donors (Lipinski definition) is 1. The standard InChI is InChI=1S/C18H16ClN3O/c1-22(2)13-9-7-12(8-10-13)11-16-18(23)21-17(20-16)14-5-3-4-6-15(14)19/h3-11H,1-2H3,(H,20,21,23)/b16-11-. The summed E-state index contributed by atoms with van der Waals surface area (Å²) < 4.78 is 0. The molecule has 23 heavy (non-hydrogen) atoms. The Balaban J connectivity index is 1.90. The van der Waals surface area contributed by atoms with Crippen LogP contribution in [0.25, 0.3) is 6.08 Å². The van der Waals surface area contributed by atoms with Crippen molar-refractivity contribution in [1.29, 1.82) is 0 Å². The van der Waals surface area contributed by atoms with Crippen LogP contribution < -0.4 is 10.2 Å². The summed E-state index contributed by atoms with van der Waals surface area (Å²) in [6.45, 7) is 0. The highest BCUT2D eigenvalue weighted by Gasteiger charge is 2.22. The molecule has 0 aromatic heterocycles. The zero-order chi connectivity index (χ0) is 16.4. The fourth-order valence-electron chi connectivity index (χ4n) is 2.28. The molecule has 0 atom stereocenters. The number of anilines is 1. The number of carbonyl (C=O) groups excluding carboxylic acids is 1. The third kappa shape index (κ3) is 3.27. The first-order chi connectivity index (χ1) is 11.0. The van der Waals surface area contributed by atoms with Gasteiger partial charge in [0.15, 0.2) is 0 Å². The highest BCUT2D eigenvalue weighted by atomic mass is 35.5. The molecular weight excluding hydrogens is 310 g/mol. The van der Waals surface area contributed by atoms with Gasteiger partial charge in [-0.05, 0) is 35.9 Å². The number of aliphatic imine (C=N–C) groups is 1. The summed E-state index contributed by atoms with van der Waals surface area (Å²) in [4.78, 5) is 18.5. The van der Waals surface area contributed by atoms with Crippen molar-refractivity contribution in [3.63, 3.8) is 0 Å². The van der Waals surface area contributed by atoms with Crippen molar-refractivity contribution in [2.75, 3.05) is 19.0 Å². The summed E-state index contributed by atoms with van der Waals surface area (Å²) in [5.41, 5.74) is 3.11. The minimum atomic E-state index is -0.225. The monoisotopic (exact) mass is 325 g/mol. The lowest BCUT2D eigenvalue weighted by molar-refractivity contribution is -0.115. The Hall–Kier alpha value is -2.59. The number of nitrogens with one attached hydrogen (secondary N) is 1. The van der Waals surface area contributed by atoms with Crippen LogP contribution in [-0.2, 0) is 4.79 Å². The molecule has 1 aliphatic rings. The average Bonchev–Trinajstić information content (AvgIpc) is 2.89. The molecule has 4 nitrogen and oxygen atoms in total. The molecule has 0 saturated carbocycles. The number of carbonyl (C=O) groups is 1. The second kappa shape index (κ2) is 6.26. The Kier molecular flexibility index (Phi) is 4.17. The molecule has 1 amide bonds. The first-order valence-corrected chi connectivity index (χ1v) is 7.56. The van der Waals surface area contributed by atoms with E-state index in [2.05, 4.69) is 10.3 Å². The molecule has 1 N–H and O–H groups in total. The van der Waals surface area contributed by atoms with Crippen LogP contribution in [0, 0.1) is 0 Å². The van der Waals surface area contributed by atoms with Crippen molar-refractivity contribution in [2.24, 2.45) is 4.99 Å². The molecule has 0 spiro atoms. The Labute approximate surface area is 140 Å². The van der Waals surface area contributed by atoms with Crippen LogP contribution in [0.3, 0.4) is 0 Å². The molecule has 0 saturated heterocycles. The second-order valence-electron chi connectivity index (χ2n) is 5.41. The first kappa shape index (κ1) is 15.3. The summed E-state index contributed by atoms with van der Waals surface area (Å²) in [5, 5.41) is 3.32. The van der Waals surface area contributed by atoms with Crippen LogP contribution >= 0.6 is 11.6 Å². The Bertz CT molecular complexity index is 807. The van der Waals surface area contributed by atoms with Gasteiger partial charge in [-0.25, -0.2) is 4.99 Å². The smallest absolute Gasteiger partial charge is 0.275 e. The fourth-order valence-corrected chi connectivity index (χ4v) is 2.50. The van der Waals surface area contributed by atoms with E-state index in [1.807, 2.05) is 61.5 Å². The quantitative estimate of drug-likeness (QED) is 0.880. The molecule has 3 rings (SSSR count). The molecule has 2 aromatic rings. The van der Waals surface area contributed by atoms with Gasteiger partial charge in [0.25, 0.3) is 5.91 Å². The second-order valence-corrected chi connectivity index (χ2v) is 5.82. The van der Waals surface area contributed by atoms with Crippen molar-refractivity contribution < 1.29 is 4.79 Å². The lowest BCUT2D eigenvalue weighted by Gasteiger charge is -2.11. The number of benzene rings is 2. The van der Waals surface area contributed by atoms with E-state index in [4.69, 9.17) is 11.6 Å². The van der Waals surface area contributed by atoms with Crippen molar-refractivity contribution >= 4 is 35.1 Å². The first-order valence-electron chi connectivity index (χ1n) is 7.18. The third-order valence-corrected chi connectivity index (χ3v) is 3.87. The van der Waals surface area contributed by atoms with Crippen molar-refractivity contribution in [3.05, 3.63) is 70.4 Å². The number of nitrogens with zero attached hydrogens (tertiary/aromatic N) is 2. The Morgan fingerprint density at radius 1 is 1.09 bits per heavy atom. The maximum atomic E-state index is 12.1. The molecular formula is C18H16ClN3O. The lowest BCUT2D eigenvalue weighted by Crippen LogP contribution is -2.24. The minimum Gasteiger partial charge on any atom is -0.378 e. The van der Waals surface area contributed by atoms with Gasteiger partial charge in [-0.15, -0.1) is 0 Å². The maximum absolute atomic E-state index is 12.1. The number of hydrogen-bond acceptors (Lipinski definition) is 3. The molecule has 1 heterocycles. The largest absolute Gasteiger partial charge is 0.378 e. The summed E-state index contributed by atoms with van der Waals surface area (Å²) in [6, 6.07) is 15.2. The van der Waals surface area contributed by atoms with Gasteiger partial charge in [0, 0.05) is 25.3 Å². The summed E-state index contributed by atoms with van der Waals surface area (Å²) in [7, 11) is 3.97. The molecule has 0 unspecified atom stereocenters. The van der Waals surface area contributed by atoms with E-state index in [1.165, 1.54) is 0 Å². The molecule has 0 bridgehead atoms. The van der Waals surface area contributed by atoms with Crippen molar-refractivity contribution in [2.45, 2.75) is 0 Å². The van der Waals surface area contributed by atoms with E-state index in [-0.39, 0.29) is 5.91 Å². The molecule has 116 valence electrons. The van der Waals surface area contributed by atoms with Crippen LogP contribution in [0.1, 0.15) is 11.1 Å². The zero-order valence-electron chi connectivity index (χ0n) is 12.9. The third-order valence-electron chi connectivity index (χ3n) is 3.54. The fraction of sp³-hybridized carbons (Fsp3) is 0.111. The molecule has 0 fully saturated rings. The highest BCUT2D eigenvalue weighted by Crippen LogP contribution is 2.21. The van der Waals surface area contributed by atoms with Gasteiger partial charge in [0.2, 0.25) is 0 Å². The van der Waals surface area contributed by atoms with Gasteiger partial charge in [-0.3, -0.25) is 4.79 Å².